The van der Waals surface area contributed by atoms with Gasteiger partial charge < -0.3 is 25.7 Å². The topological polar surface area (TPSA) is 156 Å². The zero-order valence-corrected chi connectivity index (χ0v) is 32.7. The van der Waals surface area contributed by atoms with Crippen molar-refractivity contribution in [2.24, 2.45) is 0 Å². The summed E-state index contributed by atoms with van der Waals surface area (Å²) in [6, 6.07) is 22.6. The Bertz CT molecular complexity index is 2040. The Kier molecular flexibility index (Phi) is 13.7. The van der Waals surface area contributed by atoms with Crippen LogP contribution in [0, 0.1) is 0 Å². The van der Waals surface area contributed by atoms with Crippen LogP contribution in [0.15, 0.2) is 72.8 Å². The molecular formula is C44H50N4O7S. The highest BCUT2D eigenvalue weighted by molar-refractivity contribution is 7.17. The van der Waals surface area contributed by atoms with E-state index < -0.39 is 11.9 Å². The lowest BCUT2D eigenvalue weighted by Gasteiger charge is -2.31. The smallest absolute Gasteiger partial charge is 0.335 e. The predicted molar refractivity (Wildman–Crippen MR) is 218 cm³/mol. The lowest BCUT2D eigenvalue weighted by molar-refractivity contribution is -0.140. The molecule has 4 aromatic rings. The molecule has 6 rings (SSSR count). The lowest BCUT2D eigenvalue weighted by atomic mass is 9.95. The van der Waals surface area contributed by atoms with Crippen molar-refractivity contribution in [2.75, 3.05) is 30.8 Å². The number of benzene rings is 3. The van der Waals surface area contributed by atoms with Gasteiger partial charge in [-0.15, -0.1) is 11.3 Å². The van der Waals surface area contributed by atoms with Gasteiger partial charge >= 0.3 is 11.9 Å². The molecule has 0 atom stereocenters. The van der Waals surface area contributed by atoms with Gasteiger partial charge in [-0.25, -0.2) is 4.79 Å². The zero-order valence-electron chi connectivity index (χ0n) is 31.9. The average Bonchev–Trinajstić information content (AvgIpc) is 3.87. The van der Waals surface area contributed by atoms with Gasteiger partial charge in [0.2, 0.25) is 5.91 Å². The van der Waals surface area contributed by atoms with E-state index in [1.54, 1.807) is 30.1 Å². The van der Waals surface area contributed by atoms with E-state index in [2.05, 4.69) is 15.5 Å². The minimum absolute atomic E-state index is 0.0207. The van der Waals surface area contributed by atoms with Crippen molar-refractivity contribution in [3.8, 4) is 0 Å². The first-order chi connectivity index (χ1) is 27.0. The molecule has 2 aliphatic carbocycles. The molecule has 3 amide bonds. The minimum atomic E-state index is -0.985. The van der Waals surface area contributed by atoms with Crippen molar-refractivity contribution in [3.63, 3.8) is 0 Å². The SMILES string of the molecule is CN(CCN(Cc1cccc(C(=O)Nc2sc3c(c2C(=O)Nc2ccc(CCc4ccc(C(=O)O)cc4)cc2)CCCC3)c1)C1CCCC1)C(=O)CCC(=O)O. The Morgan fingerprint density at radius 2 is 1.41 bits per heavy atom. The molecule has 0 spiro atoms. The largest absolute Gasteiger partial charge is 0.481 e. The number of anilines is 2. The molecule has 0 radical (unpaired) electrons. The first kappa shape index (κ1) is 40.3. The number of aryl methyl sites for hydroxylation is 3. The number of likely N-dealkylation sites (N-methyl/N-ethyl adjacent to an activating group) is 1. The first-order valence-corrected chi connectivity index (χ1v) is 20.3. The van der Waals surface area contributed by atoms with Gasteiger partial charge in [-0.3, -0.25) is 24.1 Å². The van der Waals surface area contributed by atoms with Gasteiger partial charge in [0.25, 0.3) is 11.8 Å². The van der Waals surface area contributed by atoms with E-state index in [0.717, 1.165) is 91.3 Å². The maximum atomic E-state index is 13.9. The fourth-order valence-corrected chi connectivity index (χ4v) is 8.92. The highest BCUT2D eigenvalue weighted by atomic mass is 32.1. The van der Waals surface area contributed by atoms with Crippen molar-refractivity contribution < 1.29 is 34.2 Å². The molecule has 0 bridgehead atoms. The summed E-state index contributed by atoms with van der Waals surface area (Å²) < 4.78 is 0. The zero-order chi connectivity index (χ0) is 39.6. The number of aliphatic carboxylic acids is 1. The van der Waals surface area contributed by atoms with Crippen molar-refractivity contribution in [1.82, 2.24) is 9.80 Å². The van der Waals surface area contributed by atoms with Crippen LogP contribution in [0.3, 0.4) is 0 Å². The van der Waals surface area contributed by atoms with Gasteiger partial charge in [-0.1, -0.05) is 49.2 Å². The number of aromatic carboxylic acids is 1. The molecule has 4 N–H and O–H groups in total. The fraction of sp³-hybridized carbons (Fsp3) is 0.386. The van der Waals surface area contributed by atoms with Gasteiger partial charge in [0.05, 0.1) is 17.5 Å². The van der Waals surface area contributed by atoms with Gasteiger partial charge in [-0.05, 0) is 110 Å². The quantitative estimate of drug-likeness (QED) is 0.0851. The summed E-state index contributed by atoms with van der Waals surface area (Å²) in [7, 11) is 1.71. The average molecular weight is 779 g/mol. The summed E-state index contributed by atoms with van der Waals surface area (Å²) in [5, 5.41) is 24.8. The summed E-state index contributed by atoms with van der Waals surface area (Å²) in [6.07, 6.45) is 9.44. The number of carboxylic acid groups (broad SMARTS) is 2. The van der Waals surface area contributed by atoms with Crippen LogP contribution in [0.25, 0.3) is 0 Å². The number of nitrogens with one attached hydrogen (secondary N) is 2. The molecule has 11 nitrogen and oxygen atoms in total. The summed E-state index contributed by atoms with van der Waals surface area (Å²) in [6.45, 7) is 1.74. The standard InChI is InChI=1S/C44H50N4O7S/c1-47(38(49)23-24-39(50)51)25-26-48(35-9-2-3-10-35)28-31-7-6-8-33(27-31)41(52)46-43-40(36-11-4-5-12-37(36)56-43)42(53)45-34-21-17-30(18-22-34)14-13-29-15-19-32(20-16-29)44(54)55/h6-8,15-22,27,35H,2-5,9-14,23-26,28H2,1H3,(H,45,53)(H,46,52)(H,50,51)(H,54,55). The van der Waals surface area contributed by atoms with Crippen molar-refractivity contribution in [1.29, 1.82) is 0 Å². The summed E-state index contributed by atoms with van der Waals surface area (Å²) in [5.74, 6) is -2.65. The molecule has 1 aromatic heterocycles. The van der Waals surface area contributed by atoms with Gasteiger partial charge in [-0.2, -0.15) is 0 Å². The Morgan fingerprint density at radius 3 is 2.09 bits per heavy atom. The van der Waals surface area contributed by atoms with Crippen LogP contribution >= 0.6 is 11.3 Å². The minimum Gasteiger partial charge on any atom is -0.481 e. The van der Waals surface area contributed by atoms with Crippen LogP contribution < -0.4 is 10.6 Å². The van der Waals surface area contributed by atoms with E-state index in [0.29, 0.717) is 47.5 Å². The van der Waals surface area contributed by atoms with Crippen LogP contribution in [-0.2, 0) is 41.8 Å². The van der Waals surface area contributed by atoms with Crippen LogP contribution in [-0.4, -0.2) is 75.9 Å². The molecule has 294 valence electrons. The van der Waals surface area contributed by atoms with E-state index in [-0.39, 0.29) is 36.1 Å². The van der Waals surface area contributed by atoms with Crippen molar-refractivity contribution in [2.45, 2.75) is 89.6 Å². The third kappa shape index (κ3) is 10.7. The molecule has 1 fully saturated rings. The monoisotopic (exact) mass is 778 g/mol. The van der Waals surface area contributed by atoms with Crippen LogP contribution in [0.5, 0.6) is 0 Å². The molecule has 2 aliphatic rings. The molecule has 56 heavy (non-hydrogen) atoms. The highest BCUT2D eigenvalue weighted by Gasteiger charge is 2.28. The van der Waals surface area contributed by atoms with E-state index in [1.165, 1.54) is 11.3 Å². The highest BCUT2D eigenvalue weighted by Crippen LogP contribution is 2.39. The Balaban J connectivity index is 1.10. The second-order valence-electron chi connectivity index (χ2n) is 14.8. The van der Waals surface area contributed by atoms with Crippen LogP contribution in [0.2, 0.25) is 0 Å². The normalized spacial score (nSPS) is 14.0. The number of nitrogens with zero attached hydrogens (tertiary/aromatic N) is 2. The summed E-state index contributed by atoms with van der Waals surface area (Å²) in [5.41, 5.74) is 6.08. The summed E-state index contributed by atoms with van der Waals surface area (Å²) >= 11 is 1.48. The molecular weight excluding hydrogens is 729 g/mol. The number of hydrogen-bond acceptors (Lipinski definition) is 7. The molecule has 1 heterocycles. The number of carbonyl (C=O) groups is 5. The third-order valence-electron chi connectivity index (χ3n) is 10.9. The van der Waals surface area contributed by atoms with Gasteiger partial charge in [0, 0.05) is 55.3 Å². The molecule has 0 saturated heterocycles. The second kappa shape index (κ2) is 19.0. The van der Waals surface area contributed by atoms with Crippen LogP contribution in [0.4, 0.5) is 10.7 Å². The number of rotatable bonds is 17. The number of carbonyl (C=O) groups excluding carboxylic acids is 3. The molecule has 0 unspecified atom stereocenters. The molecule has 0 aliphatic heterocycles. The molecule has 12 heteroatoms. The maximum Gasteiger partial charge on any atom is 0.335 e. The first-order valence-electron chi connectivity index (χ1n) is 19.5. The molecule has 3 aromatic carbocycles. The van der Waals surface area contributed by atoms with Gasteiger partial charge in [0.1, 0.15) is 5.00 Å². The van der Waals surface area contributed by atoms with Crippen molar-refractivity contribution >= 4 is 51.7 Å². The lowest BCUT2D eigenvalue weighted by Crippen LogP contribution is -2.40. The number of amides is 3. The van der Waals surface area contributed by atoms with Crippen LogP contribution in [0.1, 0.15) is 110 Å². The van der Waals surface area contributed by atoms with Gasteiger partial charge in [0.15, 0.2) is 0 Å². The number of fused-ring (bicyclic) bond motifs is 1. The van der Waals surface area contributed by atoms with Crippen molar-refractivity contribution in [3.05, 3.63) is 117 Å². The predicted octanol–water partition coefficient (Wildman–Crippen LogP) is 7.68. The maximum absolute atomic E-state index is 13.9. The van der Waals surface area contributed by atoms with E-state index in [9.17, 15) is 24.0 Å². The Labute approximate surface area is 331 Å². The van der Waals surface area contributed by atoms with E-state index >= 15 is 0 Å². The number of thiophene rings is 1. The van der Waals surface area contributed by atoms with E-state index in [1.807, 2.05) is 54.6 Å². The number of carboxylic acids is 2. The third-order valence-corrected chi connectivity index (χ3v) is 12.1. The number of hydrogen-bond donors (Lipinski definition) is 4. The fourth-order valence-electron chi connectivity index (χ4n) is 7.63. The molecule has 1 saturated carbocycles. The Morgan fingerprint density at radius 1 is 0.732 bits per heavy atom. The van der Waals surface area contributed by atoms with E-state index in [4.69, 9.17) is 10.2 Å². The second-order valence-corrected chi connectivity index (χ2v) is 15.9. The Hall–Kier alpha value is -5.33. The summed E-state index contributed by atoms with van der Waals surface area (Å²) in [4.78, 5) is 67.5.